The van der Waals surface area contributed by atoms with E-state index in [2.05, 4.69) is 12.2 Å². The summed E-state index contributed by atoms with van der Waals surface area (Å²) in [5, 5.41) is 12.1. The van der Waals surface area contributed by atoms with Crippen LogP contribution in [0.15, 0.2) is 0 Å². The lowest BCUT2D eigenvalue weighted by molar-refractivity contribution is -0.147. The molecule has 110 valence electrons. The number of carbonyl (C=O) groups excluding carboxylic acids is 1. The summed E-state index contributed by atoms with van der Waals surface area (Å²) in [4.78, 5) is 23.4. The minimum atomic E-state index is -1.17. The van der Waals surface area contributed by atoms with Gasteiger partial charge in [-0.25, -0.2) is 9.59 Å². The van der Waals surface area contributed by atoms with Crippen molar-refractivity contribution in [2.45, 2.75) is 70.9 Å². The Morgan fingerprint density at radius 2 is 2.05 bits per heavy atom. The molecule has 5 heteroatoms. The van der Waals surface area contributed by atoms with Gasteiger partial charge in [-0.1, -0.05) is 26.2 Å². The number of ether oxygens (including phenoxy) is 1. The van der Waals surface area contributed by atoms with E-state index in [0.717, 1.165) is 19.3 Å². The summed E-state index contributed by atoms with van der Waals surface area (Å²) in [5.41, 5.74) is -1.79. The van der Waals surface area contributed by atoms with Gasteiger partial charge in [0.15, 0.2) is 0 Å². The van der Waals surface area contributed by atoms with Crippen LogP contribution in [0.5, 0.6) is 0 Å². The lowest BCUT2D eigenvalue weighted by Crippen LogP contribution is -2.57. The number of rotatable bonds is 3. The Balaban J connectivity index is 2.77. The molecule has 0 aromatic carbocycles. The molecule has 1 saturated carbocycles. The molecule has 2 unspecified atom stereocenters. The zero-order valence-corrected chi connectivity index (χ0v) is 12.3. The molecule has 0 bridgehead atoms. The van der Waals surface area contributed by atoms with Gasteiger partial charge in [-0.15, -0.1) is 0 Å². The third-order valence-electron chi connectivity index (χ3n) is 3.58. The molecule has 0 spiro atoms. The summed E-state index contributed by atoms with van der Waals surface area (Å²) in [6.45, 7) is 7.33. The molecule has 2 N–H and O–H groups in total. The highest BCUT2D eigenvalue weighted by Gasteiger charge is 2.44. The summed E-state index contributed by atoms with van der Waals surface area (Å²) in [7, 11) is 0. The fourth-order valence-corrected chi connectivity index (χ4v) is 2.60. The SMILES string of the molecule is CCC1CCCC(NC(=O)OC(C)(C)C)(C(=O)O)C1. The number of hydrogen-bond acceptors (Lipinski definition) is 3. The molecule has 0 aliphatic heterocycles. The molecule has 0 heterocycles. The monoisotopic (exact) mass is 271 g/mol. The van der Waals surface area contributed by atoms with Crippen molar-refractivity contribution in [2.24, 2.45) is 5.92 Å². The van der Waals surface area contributed by atoms with Crippen molar-refractivity contribution in [3.8, 4) is 0 Å². The van der Waals surface area contributed by atoms with Gasteiger partial charge in [0.2, 0.25) is 0 Å². The van der Waals surface area contributed by atoms with Gasteiger partial charge in [-0.2, -0.15) is 0 Å². The molecular weight excluding hydrogens is 246 g/mol. The zero-order chi connectivity index (χ0) is 14.7. The van der Waals surface area contributed by atoms with Crippen LogP contribution in [0.3, 0.4) is 0 Å². The Morgan fingerprint density at radius 3 is 2.53 bits per heavy atom. The summed E-state index contributed by atoms with van der Waals surface area (Å²) >= 11 is 0. The van der Waals surface area contributed by atoms with Crippen molar-refractivity contribution >= 4 is 12.1 Å². The molecule has 0 radical (unpaired) electrons. The number of carboxylic acid groups (broad SMARTS) is 1. The van der Waals surface area contributed by atoms with Crippen LogP contribution in [0.1, 0.15) is 59.8 Å². The van der Waals surface area contributed by atoms with Crippen LogP contribution in [0.2, 0.25) is 0 Å². The molecule has 1 amide bonds. The molecule has 0 aromatic heterocycles. The van der Waals surface area contributed by atoms with E-state index < -0.39 is 23.2 Å². The number of aliphatic carboxylic acids is 1. The first-order chi connectivity index (χ1) is 8.68. The van der Waals surface area contributed by atoms with Crippen molar-refractivity contribution < 1.29 is 19.4 Å². The number of amides is 1. The van der Waals surface area contributed by atoms with Crippen molar-refractivity contribution in [2.75, 3.05) is 0 Å². The van der Waals surface area contributed by atoms with E-state index in [9.17, 15) is 14.7 Å². The highest BCUT2D eigenvalue weighted by molar-refractivity contribution is 5.84. The van der Waals surface area contributed by atoms with Crippen LogP contribution >= 0.6 is 0 Å². The van der Waals surface area contributed by atoms with E-state index in [-0.39, 0.29) is 0 Å². The predicted octanol–water partition coefficient (Wildman–Crippen LogP) is 2.93. The van der Waals surface area contributed by atoms with Crippen LogP contribution in [0.25, 0.3) is 0 Å². The Kier molecular flexibility index (Phi) is 4.82. The van der Waals surface area contributed by atoms with E-state index in [1.165, 1.54) is 0 Å². The van der Waals surface area contributed by atoms with Gasteiger partial charge < -0.3 is 15.2 Å². The highest BCUT2D eigenvalue weighted by atomic mass is 16.6. The van der Waals surface area contributed by atoms with Gasteiger partial charge in [0, 0.05) is 0 Å². The first-order valence-electron chi connectivity index (χ1n) is 6.93. The Morgan fingerprint density at radius 1 is 1.42 bits per heavy atom. The summed E-state index contributed by atoms with van der Waals surface area (Å²) in [5.74, 6) is -0.615. The molecule has 2 atom stereocenters. The quantitative estimate of drug-likeness (QED) is 0.827. The smallest absolute Gasteiger partial charge is 0.408 e. The van der Waals surface area contributed by atoms with Gasteiger partial charge in [0.1, 0.15) is 11.1 Å². The molecule has 0 aromatic rings. The number of nitrogens with one attached hydrogen (secondary N) is 1. The van der Waals surface area contributed by atoms with Crippen molar-refractivity contribution in [3.63, 3.8) is 0 Å². The van der Waals surface area contributed by atoms with Gasteiger partial charge >= 0.3 is 12.1 Å². The van der Waals surface area contributed by atoms with E-state index in [0.29, 0.717) is 18.8 Å². The molecule has 1 rings (SSSR count). The lowest BCUT2D eigenvalue weighted by atomic mass is 9.75. The maximum Gasteiger partial charge on any atom is 0.408 e. The van der Waals surface area contributed by atoms with Crippen LogP contribution in [0.4, 0.5) is 4.79 Å². The number of hydrogen-bond donors (Lipinski definition) is 2. The average molecular weight is 271 g/mol. The summed E-state index contributed by atoms with van der Waals surface area (Å²) < 4.78 is 5.17. The predicted molar refractivity (Wildman–Crippen MR) is 72.0 cm³/mol. The van der Waals surface area contributed by atoms with Gasteiger partial charge in [0.25, 0.3) is 0 Å². The van der Waals surface area contributed by atoms with Crippen LogP contribution in [-0.4, -0.2) is 28.3 Å². The van der Waals surface area contributed by atoms with Crippen molar-refractivity contribution in [3.05, 3.63) is 0 Å². The minimum absolute atomic E-state index is 0.347. The maximum atomic E-state index is 11.8. The third-order valence-corrected chi connectivity index (χ3v) is 3.58. The molecule has 1 fully saturated rings. The number of carbonyl (C=O) groups is 2. The zero-order valence-electron chi connectivity index (χ0n) is 12.3. The molecule has 5 nitrogen and oxygen atoms in total. The van der Waals surface area contributed by atoms with Crippen LogP contribution in [-0.2, 0) is 9.53 Å². The molecule has 0 saturated heterocycles. The van der Waals surface area contributed by atoms with Crippen LogP contribution < -0.4 is 5.32 Å². The first-order valence-corrected chi connectivity index (χ1v) is 6.93. The Labute approximate surface area is 114 Å². The number of alkyl carbamates (subject to hydrolysis) is 1. The van der Waals surface area contributed by atoms with E-state index >= 15 is 0 Å². The minimum Gasteiger partial charge on any atom is -0.480 e. The van der Waals surface area contributed by atoms with E-state index in [1.54, 1.807) is 20.8 Å². The maximum absolute atomic E-state index is 11.8. The second kappa shape index (κ2) is 5.80. The fraction of sp³-hybridized carbons (Fsp3) is 0.857. The summed E-state index contributed by atoms with van der Waals surface area (Å²) in [6, 6.07) is 0. The molecule has 19 heavy (non-hydrogen) atoms. The van der Waals surface area contributed by atoms with Crippen molar-refractivity contribution in [1.82, 2.24) is 5.32 Å². The fourth-order valence-electron chi connectivity index (χ4n) is 2.60. The molecule has 1 aliphatic carbocycles. The largest absolute Gasteiger partial charge is 0.480 e. The summed E-state index contributed by atoms with van der Waals surface area (Å²) in [6.07, 6.45) is 3.09. The van der Waals surface area contributed by atoms with Gasteiger partial charge in [0.05, 0.1) is 0 Å². The Hall–Kier alpha value is -1.26. The second-order valence-corrected chi connectivity index (χ2v) is 6.38. The third kappa shape index (κ3) is 4.40. The van der Waals surface area contributed by atoms with E-state index in [4.69, 9.17) is 4.74 Å². The molecular formula is C14H25NO4. The highest BCUT2D eigenvalue weighted by Crippen LogP contribution is 2.34. The normalized spacial score (nSPS) is 27.7. The average Bonchev–Trinajstić information content (AvgIpc) is 2.26. The first kappa shape index (κ1) is 15.8. The van der Waals surface area contributed by atoms with Crippen LogP contribution in [0, 0.1) is 5.92 Å². The van der Waals surface area contributed by atoms with Crippen molar-refractivity contribution in [1.29, 1.82) is 0 Å². The van der Waals surface area contributed by atoms with Gasteiger partial charge in [-0.3, -0.25) is 0 Å². The van der Waals surface area contributed by atoms with E-state index in [1.807, 2.05) is 0 Å². The molecule has 1 aliphatic rings. The lowest BCUT2D eigenvalue weighted by Gasteiger charge is -2.38. The topological polar surface area (TPSA) is 75.6 Å². The Bertz CT molecular complexity index is 348. The van der Waals surface area contributed by atoms with Gasteiger partial charge in [-0.05, 0) is 39.5 Å². The standard InChI is InChI=1S/C14H25NO4/c1-5-10-7-6-8-14(9-10,11(16)17)15-12(18)19-13(2,3)4/h10H,5-9H2,1-4H3,(H,15,18)(H,16,17). The number of carboxylic acids is 1. The second-order valence-electron chi connectivity index (χ2n) is 6.38.